The van der Waals surface area contributed by atoms with Gasteiger partial charge in [-0.2, -0.15) is 0 Å². The molecule has 1 rings (SSSR count). The van der Waals surface area contributed by atoms with E-state index < -0.39 is 6.10 Å². The Balaban J connectivity index is 3.12. The fourth-order valence-corrected chi connectivity index (χ4v) is 1.21. The molecule has 0 aliphatic heterocycles. The summed E-state index contributed by atoms with van der Waals surface area (Å²) in [5.41, 5.74) is 0.713. The second-order valence-electron chi connectivity index (χ2n) is 2.56. The van der Waals surface area contributed by atoms with Gasteiger partial charge in [-0.1, -0.05) is 11.6 Å². The van der Waals surface area contributed by atoms with Crippen molar-refractivity contribution in [3.8, 4) is 5.75 Å². The number of ether oxygens (including phenoxy) is 1. The molecule has 0 fully saturated rings. The van der Waals surface area contributed by atoms with Crippen molar-refractivity contribution in [2.75, 3.05) is 7.11 Å². The van der Waals surface area contributed by atoms with Crippen molar-refractivity contribution in [3.05, 3.63) is 28.8 Å². The number of hydrogen-bond donors (Lipinski definition) is 1. The molecule has 0 saturated carbocycles. The molecule has 2 nitrogen and oxygen atoms in total. The third kappa shape index (κ3) is 1.90. The Morgan fingerprint density at radius 2 is 2.17 bits per heavy atom. The second-order valence-corrected chi connectivity index (χ2v) is 3.00. The molecule has 0 amide bonds. The summed E-state index contributed by atoms with van der Waals surface area (Å²) in [6.45, 7) is 1.67. The van der Waals surface area contributed by atoms with Crippen LogP contribution >= 0.6 is 11.6 Å². The van der Waals surface area contributed by atoms with Crippen molar-refractivity contribution in [3.63, 3.8) is 0 Å². The summed E-state index contributed by atoms with van der Waals surface area (Å²) in [4.78, 5) is 0. The molecular weight excluding hydrogens is 176 g/mol. The normalized spacial score (nSPS) is 12.7. The highest BCUT2D eigenvalue weighted by molar-refractivity contribution is 6.30. The molecule has 1 N–H and O–H groups in total. The Morgan fingerprint density at radius 1 is 1.50 bits per heavy atom. The van der Waals surface area contributed by atoms with Gasteiger partial charge in [0.2, 0.25) is 0 Å². The zero-order chi connectivity index (χ0) is 9.14. The van der Waals surface area contributed by atoms with Gasteiger partial charge in [-0.25, -0.2) is 0 Å². The quantitative estimate of drug-likeness (QED) is 0.769. The van der Waals surface area contributed by atoms with Gasteiger partial charge in [-0.3, -0.25) is 0 Å². The van der Waals surface area contributed by atoms with Crippen molar-refractivity contribution in [1.82, 2.24) is 0 Å². The van der Waals surface area contributed by atoms with Gasteiger partial charge in [-0.05, 0) is 25.1 Å². The van der Waals surface area contributed by atoms with Gasteiger partial charge in [0.15, 0.2) is 0 Å². The maximum absolute atomic E-state index is 9.32. The molecule has 0 aromatic heterocycles. The fraction of sp³-hybridized carbons (Fsp3) is 0.333. The van der Waals surface area contributed by atoms with E-state index in [-0.39, 0.29) is 0 Å². The highest BCUT2D eigenvalue weighted by Crippen LogP contribution is 2.27. The number of halogens is 1. The molecule has 0 aliphatic rings. The minimum absolute atomic E-state index is 0.557. The lowest BCUT2D eigenvalue weighted by Gasteiger charge is -2.10. The van der Waals surface area contributed by atoms with E-state index in [1.54, 1.807) is 32.2 Å². The average Bonchev–Trinajstić information content (AvgIpc) is 2.04. The Morgan fingerprint density at radius 3 is 2.67 bits per heavy atom. The minimum atomic E-state index is -0.557. The number of aliphatic hydroxyl groups excluding tert-OH is 1. The molecule has 0 radical (unpaired) electrons. The van der Waals surface area contributed by atoms with Crippen LogP contribution in [0.25, 0.3) is 0 Å². The lowest BCUT2D eigenvalue weighted by molar-refractivity contribution is 0.194. The van der Waals surface area contributed by atoms with Crippen LogP contribution < -0.4 is 4.74 Å². The molecule has 1 atom stereocenters. The van der Waals surface area contributed by atoms with E-state index in [0.717, 1.165) is 0 Å². The second kappa shape index (κ2) is 3.78. The van der Waals surface area contributed by atoms with E-state index in [1.807, 2.05) is 0 Å². The first kappa shape index (κ1) is 9.36. The molecule has 3 heteroatoms. The molecule has 1 aromatic rings. The first-order valence-electron chi connectivity index (χ1n) is 3.66. The fourth-order valence-electron chi connectivity index (χ4n) is 1.03. The van der Waals surface area contributed by atoms with E-state index in [9.17, 15) is 5.11 Å². The Hall–Kier alpha value is -0.730. The summed E-state index contributed by atoms with van der Waals surface area (Å²) in [5, 5.41) is 9.92. The van der Waals surface area contributed by atoms with Crippen molar-refractivity contribution in [2.45, 2.75) is 13.0 Å². The maximum atomic E-state index is 9.32. The van der Waals surface area contributed by atoms with Gasteiger partial charge < -0.3 is 9.84 Å². The molecular formula is C9H11ClO2. The molecule has 12 heavy (non-hydrogen) atoms. The van der Waals surface area contributed by atoms with Crippen LogP contribution in [0.3, 0.4) is 0 Å². The number of methoxy groups -OCH3 is 1. The Bertz CT molecular complexity index is 271. The molecule has 0 aliphatic carbocycles. The standard InChI is InChI=1S/C9H11ClO2/c1-6(11)8-5-7(10)3-4-9(8)12-2/h3-6,11H,1-2H3. The number of aliphatic hydroxyl groups is 1. The third-order valence-corrected chi connectivity index (χ3v) is 1.88. The van der Waals surface area contributed by atoms with Gasteiger partial charge in [0.25, 0.3) is 0 Å². The molecule has 0 bridgehead atoms. The van der Waals surface area contributed by atoms with Crippen LogP contribution in [-0.4, -0.2) is 12.2 Å². The van der Waals surface area contributed by atoms with Gasteiger partial charge >= 0.3 is 0 Å². The zero-order valence-corrected chi connectivity index (χ0v) is 7.80. The third-order valence-electron chi connectivity index (χ3n) is 1.64. The van der Waals surface area contributed by atoms with E-state index in [1.165, 1.54) is 0 Å². The molecule has 0 saturated heterocycles. The molecule has 1 aromatic carbocycles. The first-order valence-corrected chi connectivity index (χ1v) is 4.04. The SMILES string of the molecule is COc1ccc(Cl)cc1C(C)O. The topological polar surface area (TPSA) is 29.5 Å². The van der Waals surface area contributed by atoms with Crippen molar-refractivity contribution in [2.24, 2.45) is 0 Å². The van der Waals surface area contributed by atoms with E-state index >= 15 is 0 Å². The monoisotopic (exact) mass is 186 g/mol. The average molecular weight is 187 g/mol. The Kier molecular flexibility index (Phi) is 2.95. The summed E-state index contributed by atoms with van der Waals surface area (Å²) < 4.78 is 5.04. The summed E-state index contributed by atoms with van der Waals surface area (Å²) in [7, 11) is 1.56. The van der Waals surface area contributed by atoms with Crippen LogP contribution in [0.5, 0.6) is 5.75 Å². The Labute approximate surface area is 76.7 Å². The van der Waals surface area contributed by atoms with Crippen molar-refractivity contribution < 1.29 is 9.84 Å². The molecule has 0 spiro atoms. The van der Waals surface area contributed by atoms with Gasteiger partial charge in [0.05, 0.1) is 13.2 Å². The van der Waals surface area contributed by atoms with Gasteiger partial charge in [0, 0.05) is 10.6 Å². The van der Waals surface area contributed by atoms with E-state index in [0.29, 0.717) is 16.3 Å². The van der Waals surface area contributed by atoms with Crippen LogP contribution in [0.15, 0.2) is 18.2 Å². The van der Waals surface area contributed by atoms with Crippen LogP contribution in [-0.2, 0) is 0 Å². The molecule has 66 valence electrons. The molecule has 0 heterocycles. The largest absolute Gasteiger partial charge is 0.496 e. The maximum Gasteiger partial charge on any atom is 0.124 e. The predicted octanol–water partition coefficient (Wildman–Crippen LogP) is 2.40. The van der Waals surface area contributed by atoms with Crippen LogP contribution in [0.2, 0.25) is 5.02 Å². The summed E-state index contributed by atoms with van der Waals surface area (Å²) >= 11 is 5.75. The number of benzene rings is 1. The lowest BCUT2D eigenvalue weighted by Crippen LogP contribution is -1.95. The number of rotatable bonds is 2. The summed E-state index contributed by atoms with van der Waals surface area (Å²) in [6.07, 6.45) is -0.557. The summed E-state index contributed by atoms with van der Waals surface area (Å²) in [5.74, 6) is 0.661. The highest BCUT2D eigenvalue weighted by atomic mass is 35.5. The molecule has 1 unspecified atom stereocenters. The minimum Gasteiger partial charge on any atom is -0.496 e. The highest BCUT2D eigenvalue weighted by Gasteiger charge is 2.08. The van der Waals surface area contributed by atoms with Crippen LogP contribution in [0.4, 0.5) is 0 Å². The number of hydrogen-bond acceptors (Lipinski definition) is 2. The van der Waals surface area contributed by atoms with Crippen LogP contribution in [0, 0.1) is 0 Å². The first-order chi connectivity index (χ1) is 5.65. The zero-order valence-electron chi connectivity index (χ0n) is 7.04. The summed E-state index contributed by atoms with van der Waals surface area (Å²) in [6, 6.07) is 5.17. The van der Waals surface area contributed by atoms with E-state index in [2.05, 4.69) is 0 Å². The van der Waals surface area contributed by atoms with Crippen LogP contribution in [0.1, 0.15) is 18.6 Å². The van der Waals surface area contributed by atoms with Gasteiger partial charge in [-0.15, -0.1) is 0 Å². The smallest absolute Gasteiger partial charge is 0.124 e. The predicted molar refractivity (Wildman–Crippen MR) is 48.6 cm³/mol. The van der Waals surface area contributed by atoms with E-state index in [4.69, 9.17) is 16.3 Å². The van der Waals surface area contributed by atoms with Gasteiger partial charge in [0.1, 0.15) is 5.75 Å². The lowest BCUT2D eigenvalue weighted by atomic mass is 10.1. The van der Waals surface area contributed by atoms with Crippen molar-refractivity contribution in [1.29, 1.82) is 0 Å². The van der Waals surface area contributed by atoms with Crippen molar-refractivity contribution >= 4 is 11.6 Å².